The van der Waals surface area contributed by atoms with E-state index in [1.165, 1.54) is 0 Å². The molecule has 0 spiro atoms. The summed E-state index contributed by atoms with van der Waals surface area (Å²) < 4.78 is 7.32. The number of carbonyl (C=O) groups excluding carboxylic acids is 1. The lowest BCUT2D eigenvalue weighted by Gasteiger charge is -2.22. The molecule has 1 N–H and O–H groups in total. The Bertz CT molecular complexity index is 633. The van der Waals surface area contributed by atoms with Gasteiger partial charge < -0.3 is 10.1 Å². The summed E-state index contributed by atoms with van der Waals surface area (Å²) in [7, 11) is 0. The van der Waals surface area contributed by atoms with E-state index in [0.717, 1.165) is 43.7 Å². The van der Waals surface area contributed by atoms with Gasteiger partial charge >= 0.3 is 0 Å². The summed E-state index contributed by atoms with van der Waals surface area (Å²) in [6.07, 6.45) is 6.36. The second kappa shape index (κ2) is 7.42. The molecule has 0 radical (unpaired) electrons. The van der Waals surface area contributed by atoms with Gasteiger partial charge in [0.2, 0.25) is 5.91 Å². The number of hydrogen-bond acceptors (Lipinski definition) is 3. The maximum atomic E-state index is 12.6. The number of benzene rings is 1. The highest BCUT2D eigenvalue weighted by molar-refractivity contribution is 5.95. The molecule has 2 heterocycles. The first-order valence-corrected chi connectivity index (χ1v) is 8.25. The number of ether oxygens (including phenoxy) is 1. The van der Waals surface area contributed by atoms with E-state index in [1.54, 1.807) is 6.20 Å². The molecule has 122 valence electrons. The van der Waals surface area contributed by atoms with Crippen LogP contribution < -0.4 is 5.32 Å². The fourth-order valence-electron chi connectivity index (χ4n) is 3.04. The van der Waals surface area contributed by atoms with Crippen LogP contribution in [0.25, 0.3) is 0 Å². The second-order valence-corrected chi connectivity index (χ2v) is 5.91. The Hall–Kier alpha value is -2.14. The molecule has 1 unspecified atom stereocenters. The smallest absolute Gasteiger partial charge is 0.231 e. The summed E-state index contributed by atoms with van der Waals surface area (Å²) in [4.78, 5) is 12.6. The first-order valence-electron chi connectivity index (χ1n) is 8.25. The van der Waals surface area contributed by atoms with Gasteiger partial charge in [0.15, 0.2) is 0 Å². The van der Waals surface area contributed by atoms with Gasteiger partial charge in [0.1, 0.15) is 0 Å². The van der Waals surface area contributed by atoms with Crippen LogP contribution in [0, 0.1) is 0 Å². The molecule has 0 aliphatic carbocycles. The fraction of sp³-hybridized carbons (Fsp3) is 0.444. The molecule has 2 aromatic rings. The Morgan fingerprint density at radius 2 is 2.09 bits per heavy atom. The monoisotopic (exact) mass is 313 g/mol. The number of rotatable bonds is 5. The molecule has 1 aromatic carbocycles. The largest absolute Gasteiger partial charge is 0.381 e. The number of amides is 1. The quantitative estimate of drug-likeness (QED) is 0.921. The maximum Gasteiger partial charge on any atom is 0.231 e. The molecule has 3 rings (SSSR count). The van der Waals surface area contributed by atoms with E-state index in [4.69, 9.17) is 4.74 Å². The minimum Gasteiger partial charge on any atom is -0.381 e. The van der Waals surface area contributed by atoms with Crippen molar-refractivity contribution in [2.24, 2.45) is 0 Å². The zero-order chi connectivity index (χ0) is 16.1. The second-order valence-electron chi connectivity index (χ2n) is 5.91. The molecule has 1 saturated heterocycles. The Morgan fingerprint density at radius 3 is 2.78 bits per heavy atom. The van der Waals surface area contributed by atoms with Crippen LogP contribution in [0.5, 0.6) is 0 Å². The van der Waals surface area contributed by atoms with E-state index < -0.39 is 0 Å². The number of anilines is 1. The van der Waals surface area contributed by atoms with Gasteiger partial charge in [-0.05, 0) is 24.8 Å². The zero-order valence-electron chi connectivity index (χ0n) is 13.4. The van der Waals surface area contributed by atoms with Gasteiger partial charge in [0.25, 0.3) is 0 Å². The summed E-state index contributed by atoms with van der Waals surface area (Å²) in [5.41, 5.74) is 1.81. The van der Waals surface area contributed by atoms with Crippen molar-refractivity contribution in [3.8, 4) is 0 Å². The van der Waals surface area contributed by atoms with Crippen LogP contribution in [0.3, 0.4) is 0 Å². The summed E-state index contributed by atoms with van der Waals surface area (Å²) in [6.45, 7) is 3.58. The highest BCUT2D eigenvalue weighted by atomic mass is 16.5. The highest BCUT2D eigenvalue weighted by Crippen LogP contribution is 2.24. The predicted molar refractivity (Wildman–Crippen MR) is 89.4 cm³/mol. The Morgan fingerprint density at radius 1 is 1.35 bits per heavy atom. The SMILES string of the molecule is CCC(C(=O)Nc1cnn(C2CCOCC2)c1)c1ccccc1. The molecule has 1 aliphatic rings. The van der Waals surface area contributed by atoms with Gasteiger partial charge in [-0.2, -0.15) is 5.10 Å². The minimum absolute atomic E-state index is 0.0187. The third-order valence-corrected chi connectivity index (χ3v) is 4.36. The van der Waals surface area contributed by atoms with Crippen LogP contribution in [0.15, 0.2) is 42.7 Å². The predicted octanol–water partition coefficient (Wildman–Crippen LogP) is 3.37. The summed E-state index contributed by atoms with van der Waals surface area (Å²) in [5, 5.41) is 7.39. The van der Waals surface area contributed by atoms with E-state index in [2.05, 4.69) is 10.4 Å². The van der Waals surface area contributed by atoms with Gasteiger partial charge in [-0.3, -0.25) is 9.48 Å². The van der Waals surface area contributed by atoms with Crippen LogP contribution in [0.2, 0.25) is 0 Å². The van der Waals surface area contributed by atoms with E-state index in [-0.39, 0.29) is 11.8 Å². The Kier molecular flexibility index (Phi) is 5.08. The van der Waals surface area contributed by atoms with Gasteiger partial charge in [0.05, 0.1) is 23.8 Å². The van der Waals surface area contributed by atoms with Crippen molar-refractivity contribution in [3.63, 3.8) is 0 Å². The molecule has 1 aromatic heterocycles. The van der Waals surface area contributed by atoms with E-state index in [9.17, 15) is 4.79 Å². The number of nitrogens with zero attached hydrogens (tertiary/aromatic N) is 2. The van der Waals surface area contributed by atoms with E-state index in [1.807, 2.05) is 48.1 Å². The van der Waals surface area contributed by atoms with Crippen LogP contribution in [-0.2, 0) is 9.53 Å². The third kappa shape index (κ3) is 3.79. The molecule has 23 heavy (non-hydrogen) atoms. The lowest BCUT2D eigenvalue weighted by Crippen LogP contribution is -2.21. The molecular formula is C18H23N3O2. The summed E-state index contributed by atoms with van der Waals surface area (Å²) >= 11 is 0. The molecule has 5 nitrogen and oxygen atoms in total. The van der Waals surface area contributed by atoms with Crippen molar-refractivity contribution in [1.82, 2.24) is 9.78 Å². The van der Waals surface area contributed by atoms with Gasteiger partial charge in [-0.25, -0.2) is 0 Å². The normalized spacial score (nSPS) is 16.9. The zero-order valence-corrected chi connectivity index (χ0v) is 13.4. The lowest BCUT2D eigenvalue weighted by atomic mass is 9.96. The topological polar surface area (TPSA) is 56.2 Å². The van der Waals surface area contributed by atoms with Crippen molar-refractivity contribution in [2.45, 2.75) is 38.1 Å². The molecule has 1 aliphatic heterocycles. The van der Waals surface area contributed by atoms with Crippen LogP contribution in [-0.4, -0.2) is 28.9 Å². The summed E-state index contributed by atoms with van der Waals surface area (Å²) in [5.74, 6) is -0.118. The number of carbonyl (C=O) groups is 1. The number of hydrogen-bond donors (Lipinski definition) is 1. The molecule has 1 amide bonds. The van der Waals surface area contributed by atoms with Crippen LogP contribution in [0.1, 0.15) is 43.7 Å². The number of nitrogens with one attached hydrogen (secondary N) is 1. The molecule has 0 saturated carbocycles. The number of aromatic nitrogens is 2. The van der Waals surface area contributed by atoms with Crippen molar-refractivity contribution >= 4 is 11.6 Å². The molecule has 0 bridgehead atoms. The van der Waals surface area contributed by atoms with Crippen molar-refractivity contribution in [3.05, 3.63) is 48.3 Å². The minimum atomic E-state index is -0.136. The van der Waals surface area contributed by atoms with Gasteiger partial charge in [0, 0.05) is 19.4 Å². The van der Waals surface area contributed by atoms with Crippen molar-refractivity contribution in [1.29, 1.82) is 0 Å². The average Bonchev–Trinajstić information content (AvgIpc) is 3.06. The first-order chi connectivity index (χ1) is 11.3. The van der Waals surface area contributed by atoms with E-state index >= 15 is 0 Å². The van der Waals surface area contributed by atoms with Crippen molar-refractivity contribution in [2.75, 3.05) is 18.5 Å². The summed E-state index contributed by atoms with van der Waals surface area (Å²) in [6, 6.07) is 10.3. The lowest BCUT2D eigenvalue weighted by molar-refractivity contribution is -0.117. The average molecular weight is 313 g/mol. The van der Waals surface area contributed by atoms with E-state index in [0.29, 0.717) is 6.04 Å². The van der Waals surface area contributed by atoms with Gasteiger partial charge in [-0.15, -0.1) is 0 Å². The Labute approximate surface area is 136 Å². The third-order valence-electron chi connectivity index (χ3n) is 4.36. The van der Waals surface area contributed by atoms with Crippen molar-refractivity contribution < 1.29 is 9.53 Å². The fourth-order valence-corrected chi connectivity index (χ4v) is 3.04. The van der Waals surface area contributed by atoms with Crippen LogP contribution >= 0.6 is 0 Å². The molecular weight excluding hydrogens is 290 g/mol. The molecule has 1 fully saturated rings. The molecule has 5 heteroatoms. The standard InChI is InChI=1S/C18H23N3O2/c1-2-17(14-6-4-3-5-7-14)18(22)20-15-12-19-21(13-15)16-8-10-23-11-9-16/h3-7,12-13,16-17H,2,8-11H2,1H3,(H,20,22). The maximum absolute atomic E-state index is 12.6. The first kappa shape index (κ1) is 15.7. The van der Waals surface area contributed by atoms with Crippen LogP contribution in [0.4, 0.5) is 5.69 Å². The Balaban J connectivity index is 1.66. The molecule has 1 atom stereocenters. The van der Waals surface area contributed by atoms with Gasteiger partial charge in [-0.1, -0.05) is 37.3 Å². The highest BCUT2D eigenvalue weighted by Gasteiger charge is 2.20.